The van der Waals surface area contributed by atoms with E-state index in [9.17, 15) is 4.79 Å². The van der Waals surface area contributed by atoms with Crippen LogP contribution in [0.3, 0.4) is 0 Å². The summed E-state index contributed by atoms with van der Waals surface area (Å²) in [7, 11) is 0. The molecule has 0 atom stereocenters. The minimum Gasteiger partial charge on any atom is -0.353 e. The molecule has 1 N–H and O–H groups in total. The summed E-state index contributed by atoms with van der Waals surface area (Å²) in [6, 6.07) is 0. The van der Waals surface area contributed by atoms with Gasteiger partial charge in [-0.05, 0) is 12.8 Å². The number of allylic oxidation sites excluding steroid dienone is 1. The minimum absolute atomic E-state index is 0.180. The molecule has 1 heterocycles. The quantitative estimate of drug-likeness (QED) is 0.477. The second-order valence-corrected chi connectivity index (χ2v) is 2.17. The first-order chi connectivity index (χ1) is 4.39. The maximum Gasteiger partial charge on any atom is 0.220 e. The smallest absolute Gasteiger partial charge is 0.220 e. The van der Waals surface area contributed by atoms with Crippen molar-refractivity contribution in [2.45, 2.75) is 19.3 Å². The first-order valence-corrected chi connectivity index (χ1v) is 3.31. The van der Waals surface area contributed by atoms with E-state index in [-0.39, 0.29) is 5.91 Å². The van der Waals surface area contributed by atoms with Gasteiger partial charge in [-0.2, -0.15) is 0 Å². The molecule has 2 heteroatoms. The number of amides is 1. The fraction of sp³-hybridized carbons (Fsp3) is 0.571. The van der Waals surface area contributed by atoms with Crippen molar-refractivity contribution in [1.82, 2.24) is 5.32 Å². The number of nitrogens with one attached hydrogen (secondary N) is 1. The predicted octanol–water partition coefficient (Wildman–Crippen LogP) is 0.843. The lowest BCUT2D eigenvalue weighted by Gasteiger charge is -2.03. The van der Waals surface area contributed by atoms with Gasteiger partial charge in [0.05, 0.1) is 0 Å². The van der Waals surface area contributed by atoms with Crippen molar-refractivity contribution < 1.29 is 4.79 Å². The van der Waals surface area contributed by atoms with Crippen LogP contribution in [-0.4, -0.2) is 12.5 Å². The summed E-state index contributed by atoms with van der Waals surface area (Å²) in [5, 5.41) is 2.76. The third-order valence-electron chi connectivity index (χ3n) is 1.36. The van der Waals surface area contributed by atoms with Gasteiger partial charge in [0.2, 0.25) is 5.91 Å². The normalized spacial score (nSPS) is 23.8. The number of carbonyl (C=O) groups is 1. The van der Waals surface area contributed by atoms with Crippen molar-refractivity contribution in [3.63, 3.8) is 0 Å². The van der Waals surface area contributed by atoms with Gasteiger partial charge in [0.1, 0.15) is 0 Å². The summed E-state index contributed by atoms with van der Waals surface area (Å²) in [5.74, 6) is 0.180. The molecular weight excluding hydrogens is 114 g/mol. The molecule has 0 saturated carbocycles. The van der Waals surface area contributed by atoms with Crippen LogP contribution in [0.4, 0.5) is 0 Å². The molecule has 0 aliphatic carbocycles. The van der Waals surface area contributed by atoms with E-state index in [1.807, 2.05) is 6.08 Å². The molecule has 50 valence electrons. The Morgan fingerprint density at radius 2 is 2.33 bits per heavy atom. The Morgan fingerprint density at radius 1 is 1.44 bits per heavy atom. The van der Waals surface area contributed by atoms with Crippen LogP contribution >= 0.6 is 0 Å². The van der Waals surface area contributed by atoms with Gasteiger partial charge in [0.15, 0.2) is 0 Å². The van der Waals surface area contributed by atoms with Crippen molar-refractivity contribution in [2.75, 3.05) is 6.54 Å². The molecule has 0 radical (unpaired) electrons. The van der Waals surface area contributed by atoms with Crippen LogP contribution in [0.15, 0.2) is 12.2 Å². The van der Waals surface area contributed by atoms with Gasteiger partial charge in [0.25, 0.3) is 0 Å². The second kappa shape index (κ2) is 3.28. The molecule has 0 aromatic heterocycles. The Morgan fingerprint density at radius 3 is 3.22 bits per heavy atom. The molecule has 0 unspecified atom stereocenters. The molecule has 0 spiro atoms. The molecule has 1 aliphatic rings. The standard InChI is InChI=1S/C7H11NO/c9-7-5-3-1-2-4-6-8-7/h2,4H,1,3,5-6H2,(H,8,9)/b4-2-. The highest BCUT2D eigenvalue weighted by Crippen LogP contribution is 1.98. The van der Waals surface area contributed by atoms with Crippen molar-refractivity contribution in [3.05, 3.63) is 12.2 Å². The van der Waals surface area contributed by atoms with Crippen LogP contribution in [0.2, 0.25) is 0 Å². The SMILES string of the molecule is O=C1CCC/C=C\CN1. The van der Waals surface area contributed by atoms with Gasteiger partial charge < -0.3 is 5.32 Å². The van der Waals surface area contributed by atoms with Crippen LogP contribution in [0.5, 0.6) is 0 Å². The first kappa shape index (κ1) is 6.33. The van der Waals surface area contributed by atoms with E-state index < -0.39 is 0 Å². The molecular formula is C7H11NO. The van der Waals surface area contributed by atoms with E-state index in [0.29, 0.717) is 13.0 Å². The second-order valence-electron chi connectivity index (χ2n) is 2.17. The Labute approximate surface area is 54.9 Å². The lowest BCUT2D eigenvalue weighted by atomic mass is 10.2. The summed E-state index contributed by atoms with van der Waals surface area (Å²) in [6.07, 6.45) is 6.83. The van der Waals surface area contributed by atoms with Crippen LogP contribution in [0.25, 0.3) is 0 Å². The van der Waals surface area contributed by atoms with Gasteiger partial charge in [-0.1, -0.05) is 12.2 Å². The number of hydrogen-bond acceptors (Lipinski definition) is 1. The fourth-order valence-electron chi connectivity index (χ4n) is 0.843. The lowest BCUT2D eigenvalue weighted by Crippen LogP contribution is -2.23. The van der Waals surface area contributed by atoms with Gasteiger partial charge in [-0.25, -0.2) is 0 Å². The van der Waals surface area contributed by atoms with Crippen LogP contribution in [-0.2, 0) is 4.79 Å². The van der Waals surface area contributed by atoms with E-state index in [0.717, 1.165) is 12.8 Å². The molecule has 1 rings (SSSR count). The van der Waals surface area contributed by atoms with Crippen LogP contribution in [0.1, 0.15) is 19.3 Å². The van der Waals surface area contributed by atoms with Crippen molar-refractivity contribution in [1.29, 1.82) is 0 Å². The predicted molar refractivity (Wildman–Crippen MR) is 36.0 cm³/mol. The zero-order valence-electron chi connectivity index (χ0n) is 5.39. The molecule has 0 aromatic carbocycles. The van der Waals surface area contributed by atoms with E-state index in [2.05, 4.69) is 11.4 Å². The van der Waals surface area contributed by atoms with Crippen LogP contribution in [0, 0.1) is 0 Å². The monoisotopic (exact) mass is 125 g/mol. The molecule has 1 amide bonds. The Bertz CT molecular complexity index is 129. The number of hydrogen-bond donors (Lipinski definition) is 1. The minimum atomic E-state index is 0.180. The zero-order valence-corrected chi connectivity index (χ0v) is 5.39. The summed E-state index contributed by atoms with van der Waals surface area (Å²) >= 11 is 0. The van der Waals surface area contributed by atoms with Gasteiger partial charge >= 0.3 is 0 Å². The highest BCUT2D eigenvalue weighted by Gasteiger charge is 1.99. The highest BCUT2D eigenvalue weighted by molar-refractivity contribution is 5.76. The summed E-state index contributed by atoms with van der Waals surface area (Å²) in [4.78, 5) is 10.7. The van der Waals surface area contributed by atoms with E-state index in [1.54, 1.807) is 0 Å². The summed E-state index contributed by atoms with van der Waals surface area (Å²) < 4.78 is 0. The molecule has 0 saturated heterocycles. The largest absolute Gasteiger partial charge is 0.353 e. The van der Waals surface area contributed by atoms with Crippen molar-refractivity contribution in [2.24, 2.45) is 0 Å². The maximum atomic E-state index is 10.7. The Kier molecular flexibility index (Phi) is 2.31. The first-order valence-electron chi connectivity index (χ1n) is 3.31. The highest BCUT2D eigenvalue weighted by atomic mass is 16.1. The average molecular weight is 125 g/mol. The zero-order chi connectivity index (χ0) is 6.53. The van der Waals surface area contributed by atoms with Gasteiger partial charge in [0, 0.05) is 13.0 Å². The molecule has 1 aliphatic heterocycles. The van der Waals surface area contributed by atoms with Crippen LogP contribution < -0.4 is 5.32 Å². The Balaban J connectivity index is 2.35. The molecule has 0 bridgehead atoms. The average Bonchev–Trinajstić information content (AvgIpc) is 1.79. The van der Waals surface area contributed by atoms with Crippen molar-refractivity contribution in [3.8, 4) is 0 Å². The topological polar surface area (TPSA) is 29.1 Å². The van der Waals surface area contributed by atoms with E-state index >= 15 is 0 Å². The van der Waals surface area contributed by atoms with E-state index in [4.69, 9.17) is 0 Å². The maximum absolute atomic E-state index is 10.7. The molecule has 2 nitrogen and oxygen atoms in total. The third kappa shape index (κ3) is 2.31. The lowest BCUT2D eigenvalue weighted by molar-refractivity contribution is -0.121. The number of carbonyl (C=O) groups excluding carboxylic acids is 1. The molecule has 0 aromatic rings. The number of rotatable bonds is 0. The summed E-state index contributed by atoms with van der Waals surface area (Å²) in [5.41, 5.74) is 0. The molecule has 9 heavy (non-hydrogen) atoms. The molecule has 0 fully saturated rings. The fourth-order valence-corrected chi connectivity index (χ4v) is 0.843. The van der Waals surface area contributed by atoms with Gasteiger partial charge in [-0.3, -0.25) is 4.79 Å². The van der Waals surface area contributed by atoms with Crippen molar-refractivity contribution >= 4 is 5.91 Å². The third-order valence-corrected chi connectivity index (χ3v) is 1.36. The Hall–Kier alpha value is -0.790. The summed E-state index contributed by atoms with van der Waals surface area (Å²) in [6.45, 7) is 0.707. The van der Waals surface area contributed by atoms with E-state index in [1.165, 1.54) is 0 Å². The van der Waals surface area contributed by atoms with Gasteiger partial charge in [-0.15, -0.1) is 0 Å².